The van der Waals surface area contributed by atoms with Crippen molar-refractivity contribution < 1.29 is 13.2 Å². The Hall–Kier alpha value is -1.03. The standard InChI is InChI=1S/C15H20F3N/c1-11(2)14(8-3-9-19-14)10-12-4-6-13(7-5-12)15(16,17)18/h4-7,11,19H,3,8-10H2,1-2H3. The van der Waals surface area contributed by atoms with Gasteiger partial charge in [-0.3, -0.25) is 0 Å². The van der Waals surface area contributed by atoms with Crippen LogP contribution in [0.15, 0.2) is 24.3 Å². The lowest BCUT2D eigenvalue weighted by Gasteiger charge is -2.34. The predicted octanol–water partition coefficient (Wildman–Crippen LogP) is 4.03. The second-order valence-corrected chi connectivity index (χ2v) is 5.71. The Morgan fingerprint density at radius 1 is 1.21 bits per heavy atom. The largest absolute Gasteiger partial charge is 0.416 e. The van der Waals surface area contributed by atoms with Crippen LogP contribution in [0.1, 0.15) is 37.8 Å². The zero-order chi connectivity index (χ0) is 14.1. The van der Waals surface area contributed by atoms with E-state index in [4.69, 9.17) is 0 Å². The third-order valence-electron chi connectivity index (χ3n) is 4.18. The molecule has 4 heteroatoms. The number of nitrogens with one attached hydrogen (secondary N) is 1. The van der Waals surface area contributed by atoms with Crippen molar-refractivity contribution in [2.45, 2.75) is 44.8 Å². The van der Waals surface area contributed by atoms with Crippen molar-refractivity contribution in [1.29, 1.82) is 0 Å². The van der Waals surface area contributed by atoms with Crippen LogP contribution >= 0.6 is 0 Å². The van der Waals surface area contributed by atoms with Crippen LogP contribution in [-0.2, 0) is 12.6 Å². The SMILES string of the molecule is CC(C)C1(Cc2ccc(C(F)(F)F)cc2)CCCN1. The molecule has 106 valence electrons. The topological polar surface area (TPSA) is 12.0 Å². The molecule has 0 spiro atoms. The second-order valence-electron chi connectivity index (χ2n) is 5.71. The minimum Gasteiger partial charge on any atom is -0.311 e. The smallest absolute Gasteiger partial charge is 0.311 e. The molecular weight excluding hydrogens is 251 g/mol. The maximum absolute atomic E-state index is 12.5. The Bertz CT molecular complexity index is 414. The molecule has 1 aliphatic rings. The third kappa shape index (κ3) is 3.11. The fourth-order valence-electron chi connectivity index (χ4n) is 2.85. The summed E-state index contributed by atoms with van der Waals surface area (Å²) in [5.41, 5.74) is 0.435. The van der Waals surface area contributed by atoms with E-state index in [1.165, 1.54) is 12.1 Å². The van der Waals surface area contributed by atoms with E-state index in [1.807, 2.05) is 0 Å². The van der Waals surface area contributed by atoms with Gasteiger partial charge in [0.1, 0.15) is 0 Å². The molecule has 0 amide bonds. The highest BCUT2D eigenvalue weighted by molar-refractivity contribution is 5.26. The lowest BCUT2D eigenvalue weighted by Crippen LogP contribution is -2.46. The van der Waals surface area contributed by atoms with Gasteiger partial charge in [0.05, 0.1) is 5.56 Å². The molecule has 1 unspecified atom stereocenters. The van der Waals surface area contributed by atoms with Gasteiger partial charge >= 0.3 is 6.18 Å². The molecule has 1 aromatic carbocycles. The molecule has 0 saturated carbocycles. The van der Waals surface area contributed by atoms with Crippen molar-refractivity contribution >= 4 is 0 Å². The Morgan fingerprint density at radius 2 is 1.84 bits per heavy atom. The molecule has 0 radical (unpaired) electrons. The zero-order valence-corrected chi connectivity index (χ0v) is 11.3. The minimum atomic E-state index is -4.25. The lowest BCUT2D eigenvalue weighted by molar-refractivity contribution is -0.137. The van der Waals surface area contributed by atoms with Crippen LogP contribution in [0.5, 0.6) is 0 Å². The van der Waals surface area contributed by atoms with Crippen LogP contribution in [0.25, 0.3) is 0 Å². The molecule has 0 aliphatic carbocycles. The molecule has 1 saturated heterocycles. The molecular formula is C15H20F3N. The summed E-state index contributed by atoms with van der Waals surface area (Å²) in [6.45, 7) is 5.34. The first-order valence-electron chi connectivity index (χ1n) is 6.75. The lowest BCUT2D eigenvalue weighted by atomic mass is 9.79. The van der Waals surface area contributed by atoms with Crippen LogP contribution in [-0.4, -0.2) is 12.1 Å². The quantitative estimate of drug-likeness (QED) is 0.875. The maximum Gasteiger partial charge on any atom is 0.416 e. The second kappa shape index (κ2) is 5.16. The number of hydrogen-bond acceptors (Lipinski definition) is 1. The van der Waals surface area contributed by atoms with Gasteiger partial charge in [-0.15, -0.1) is 0 Å². The number of benzene rings is 1. The molecule has 19 heavy (non-hydrogen) atoms. The van der Waals surface area contributed by atoms with Gasteiger partial charge in [0.25, 0.3) is 0 Å². The number of hydrogen-bond donors (Lipinski definition) is 1. The van der Waals surface area contributed by atoms with Crippen LogP contribution in [0, 0.1) is 5.92 Å². The average Bonchev–Trinajstić information content (AvgIpc) is 2.78. The first kappa shape index (κ1) is 14.4. The van der Waals surface area contributed by atoms with Crippen LogP contribution in [0.3, 0.4) is 0 Å². The van der Waals surface area contributed by atoms with Crippen molar-refractivity contribution in [2.24, 2.45) is 5.92 Å². The first-order valence-corrected chi connectivity index (χ1v) is 6.75. The van der Waals surface area contributed by atoms with Gasteiger partial charge in [0.2, 0.25) is 0 Å². The molecule has 1 atom stereocenters. The van der Waals surface area contributed by atoms with Gasteiger partial charge in [-0.1, -0.05) is 26.0 Å². The van der Waals surface area contributed by atoms with Gasteiger partial charge < -0.3 is 5.32 Å². The van der Waals surface area contributed by atoms with E-state index in [0.29, 0.717) is 5.92 Å². The molecule has 2 rings (SSSR count). The van der Waals surface area contributed by atoms with Crippen LogP contribution < -0.4 is 5.32 Å². The molecule has 1 nitrogen and oxygen atoms in total. The van der Waals surface area contributed by atoms with Crippen molar-refractivity contribution in [1.82, 2.24) is 5.32 Å². The number of halogens is 3. The number of alkyl halides is 3. The van der Waals surface area contributed by atoms with E-state index in [2.05, 4.69) is 19.2 Å². The summed E-state index contributed by atoms with van der Waals surface area (Å²) in [4.78, 5) is 0. The fourth-order valence-corrected chi connectivity index (χ4v) is 2.85. The van der Waals surface area contributed by atoms with E-state index in [-0.39, 0.29) is 5.54 Å². The Kier molecular flexibility index (Phi) is 3.90. The third-order valence-corrected chi connectivity index (χ3v) is 4.18. The van der Waals surface area contributed by atoms with Crippen LogP contribution in [0.4, 0.5) is 13.2 Å². The zero-order valence-electron chi connectivity index (χ0n) is 11.3. The molecule has 1 fully saturated rings. The minimum absolute atomic E-state index is 0.0414. The summed E-state index contributed by atoms with van der Waals surface area (Å²) >= 11 is 0. The summed E-state index contributed by atoms with van der Waals surface area (Å²) in [5.74, 6) is 0.470. The Labute approximate surface area is 112 Å². The van der Waals surface area contributed by atoms with Gasteiger partial charge in [-0.25, -0.2) is 0 Å². The first-order chi connectivity index (χ1) is 8.83. The highest BCUT2D eigenvalue weighted by Crippen LogP contribution is 2.33. The summed E-state index contributed by atoms with van der Waals surface area (Å²) in [6.07, 6.45) is -1.23. The Morgan fingerprint density at radius 3 is 2.26 bits per heavy atom. The van der Waals surface area contributed by atoms with Crippen molar-refractivity contribution in [3.63, 3.8) is 0 Å². The highest BCUT2D eigenvalue weighted by atomic mass is 19.4. The van der Waals surface area contributed by atoms with Gasteiger partial charge in [0.15, 0.2) is 0 Å². The normalized spacial score (nSPS) is 24.1. The maximum atomic E-state index is 12.5. The van der Waals surface area contributed by atoms with Crippen LogP contribution in [0.2, 0.25) is 0 Å². The van der Waals surface area contributed by atoms with E-state index >= 15 is 0 Å². The van der Waals surface area contributed by atoms with Gasteiger partial charge in [-0.2, -0.15) is 13.2 Å². The molecule has 1 aliphatic heterocycles. The molecule has 1 aromatic rings. The van der Waals surface area contributed by atoms with Crippen molar-refractivity contribution in [2.75, 3.05) is 6.54 Å². The monoisotopic (exact) mass is 271 g/mol. The summed E-state index contributed by atoms with van der Waals surface area (Å²) < 4.78 is 37.5. The molecule has 1 heterocycles. The van der Waals surface area contributed by atoms with Crippen molar-refractivity contribution in [3.8, 4) is 0 Å². The Balaban J connectivity index is 2.15. The fraction of sp³-hybridized carbons (Fsp3) is 0.600. The number of rotatable bonds is 3. The summed E-state index contributed by atoms with van der Waals surface area (Å²) in [7, 11) is 0. The van der Waals surface area contributed by atoms with E-state index < -0.39 is 11.7 Å². The predicted molar refractivity (Wildman–Crippen MR) is 70.0 cm³/mol. The summed E-state index contributed by atoms with van der Waals surface area (Å²) in [5, 5.41) is 3.54. The molecule has 0 aromatic heterocycles. The molecule has 1 N–H and O–H groups in total. The summed E-state index contributed by atoms with van der Waals surface area (Å²) in [6, 6.07) is 5.57. The average molecular weight is 271 g/mol. The van der Waals surface area contributed by atoms with Gasteiger partial charge in [0, 0.05) is 5.54 Å². The molecule has 0 bridgehead atoms. The highest BCUT2D eigenvalue weighted by Gasteiger charge is 2.36. The van der Waals surface area contributed by atoms with E-state index in [1.54, 1.807) is 12.1 Å². The van der Waals surface area contributed by atoms with E-state index in [0.717, 1.165) is 31.4 Å². The van der Waals surface area contributed by atoms with Gasteiger partial charge in [-0.05, 0) is 49.4 Å². The van der Waals surface area contributed by atoms with Crippen molar-refractivity contribution in [3.05, 3.63) is 35.4 Å². The van der Waals surface area contributed by atoms with E-state index in [9.17, 15) is 13.2 Å².